The molecule has 1 aliphatic rings. The Morgan fingerprint density at radius 1 is 0.920 bits per heavy atom. The molecular weight excluding hydrogens is 338 g/mol. The maximum atomic E-state index is 12.6. The van der Waals surface area contributed by atoms with Gasteiger partial charge in [0.25, 0.3) is 5.91 Å². The number of piperidine rings is 1. The Morgan fingerprint density at radius 2 is 1.48 bits per heavy atom. The van der Waals surface area contributed by atoms with Crippen LogP contribution in [0.5, 0.6) is 0 Å². The Morgan fingerprint density at radius 3 is 2.00 bits per heavy atom. The molecule has 1 aliphatic heterocycles. The second-order valence-corrected chi connectivity index (χ2v) is 6.23. The molecule has 0 atom stereocenters. The van der Waals surface area contributed by atoms with Gasteiger partial charge in [0, 0.05) is 24.3 Å². The van der Waals surface area contributed by atoms with E-state index in [-0.39, 0.29) is 24.2 Å². The third kappa shape index (κ3) is 3.61. The largest absolute Gasteiger partial charge is 0.399 e. The van der Waals surface area contributed by atoms with E-state index in [1.165, 1.54) is 0 Å². The number of nitrogen functional groups attached to an aromatic ring is 1. The van der Waals surface area contributed by atoms with Gasteiger partial charge in [0.1, 0.15) is 0 Å². The molecule has 1 fully saturated rings. The minimum atomic E-state index is -0.695. The summed E-state index contributed by atoms with van der Waals surface area (Å²) in [4.78, 5) is 26.5. The summed E-state index contributed by atoms with van der Waals surface area (Å²) in [7, 11) is 0. The van der Waals surface area contributed by atoms with Crippen molar-refractivity contribution in [1.29, 1.82) is 0 Å². The molecule has 2 amide bonds. The highest BCUT2D eigenvalue weighted by Gasteiger charge is 2.42. The summed E-state index contributed by atoms with van der Waals surface area (Å²) in [5, 5.41) is 0. The molecule has 0 unspecified atom stereocenters. The summed E-state index contributed by atoms with van der Waals surface area (Å²) >= 11 is 0. The number of anilines is 1. The van der Waals surface area contributed by atoms with Crippen LogP contribution in [0.4, 0.5) is 5.69 Å². The van der Waals surface area contributed by atoms with Crippen molar-refractivity contribution < 1.29 is 9.59 Å². The molecule has 4 N–H and O–H groups in total. The molecule has 0 radical (unpaired) electrons. The van der Waals surface area contributed by atoms with Crippen LogP contribution in [0.2, 0.25) is 0 Å². The molecule has 1 saturated heterocycles. The van der Waals surface area contributed by atoms with Gasteiger partial charge in [-0.3, -0.25) is 9.59 Å². The summed E-state index contributed by atoms with van der Waals surface area (Å²) in [6.07, 6.45) is 1.07. The molecule has 132 valence electrons. The van der Waals surface area contributed by atoms with E-state index in [9.17, 15) is 9.59 Å². The molecule has 2 aromatic carbocycles. The van der Waals surface area contributed by atoms with Crippen molar-refractivity contribution in [2.45, 2.75) is 18.3 Å². The highest BCUT2D eigenvalue weighted by Crippen LogP contribution is 2.35. The molecule has 0 spiro atoms. The van der Waals surface area contributed by atoms with E-state index < -0.39 is 5.41 Å². The molecule has 5 nitrogen and oxygen atoms in total. The zero-order valence-electron chi connectivity index (χ0n) is 13.9. The van der Waals surface area contributed by atoms with Crippen molar-refractivity contribution in [3.8, 4) is 0 Å². The van der Waals surface area contributed by atoms with Gasteiger partial charge in [-0.1, -0.05) is 30.3 Å². The number of halogens is 1. The quantitative estimate of drug-likeness (QED) is 0.824. The molecule has 0 aromatic heterocycles. The lowest BCUT2D eigenvalue weighted by atomic mass is 9.72. The predicted octanol–water partition coefficient (Wildman–Crippen LogP) is 2.35. The fourth-order valence-corrected chi connectivity index (χ4v) is 3.33. The number of nitrogens with zero attached hydrogens (tertiary/aromatic N) is 1. The molecular formula is C19H22ClN3O2. The number of hydrogen-bond acceptors (Lipinski definition) is 3. The number of nitrogens with two attached hydrogens (primary N) is 2. The van der Waals surface area contributed by atoms with Gasteiger partial charge in [0.05, 0.1) is 5.41 Å². The topological polar surface area (TPSA) is 89.4 Å². The predicted molar refractivity (Wildman–Crippen MR) is 101 cm³/mol. The van der Waals surface area contributed by atoms with Gasteiger partial charge in [0.2, 0.25) is 5.91 Å². The van der Waals surface area contributed by atoms with E-state index in [4.69, 9.17) is 11.5 Å². The van der Waals surface area contributed by atoms with Crippen LogP contribution in [0.25, 0.3) is 0 Å². The van der Waals surface area contributed by atoms with Crippen LogP contribution in [-0.2, 0) is 10.2 Å². The van der Waals surface area contributed by atoms with Crippen LogP contribution in [0.1, 0.15) is 28.8 Å². The van der Waals surface area contributed by atoms with E-state index in [0.29, 0.717) is 37.2 Å². The lowest BCUT2D eigenvalue weighted by molar-refractivity contribution is -0.125. The minimum absolute atomic E-state index is 0. The van der Waals surface area contributed by atoms with Crippen molar-refractivity contribution in [1.82, 2.24) is 4.90 Å². The van der Waals surface area contributed by atoms with Crippen molar-refractivity contribution in [2.24, 2.45) is 5.73 Å². The first-order chi connectivity index (χ1) is 11.5. The summed E-state index contributed by atoms with van der Waals surface area (Å²) in [6, 6.07) is 16.5. The van der Waals surface area contributed by atoms with Gasteiger partial charge in [-0.2, -0.15) is 0 Å². The van der Waals surface area contributed by atoms with E-state index >= 15 is 0 Å². The number of amides is 2. The van der Waals surface area contributed by atoms with Crippen molar-refractivity contribution in [3.63, 3.8) is 0 Å². The van der Waals surface area contributed by atoms with Crippen LogP contribution >= 0.6 is 12.4 Å². The highest BCUT2D eigenvalue weighted by atomic mass is 35.5. The Hall–Kier alpha value is -2.53. The number of carbonyl (C=O) groups is 2. The zero-order valence-corrected chi connectivity index (χ0v) is 14.7. The molecule has 0 saturated carbocycles. The first kappa shape index (κ1) is 18.8. The highest BCUT2D eigenvalue weighted by molar-refractivity contribution is 5.95. The van der Waals surface area contributed by atoms with Gasteiger partial charge in [-0.15, -0.1) is 12.4 Å². The minimum Gasteiger partial charge on any atom is -0.399 e. The number of carbonyl (C=O) groups excluding carboxylic acids is 2. The molecule has 25 heavy (non-hydrogen) atoms. The average molecular weight is 360 g/mol. The van der Waals surface area contributed by atoms with Crippen LogP contribution in [-0.4, -0.2) is 29.8 Å². The average Bonchev–Trinajstić information content (AvgIpc) is 2.62. The molecule has 0 aliphatic carbocycles. The van der Waals surface area contributed by atoms with Gasteiger partial charge in [-0.25, -0.2) is 0 Å². The summed E-state index contributed by atoms with van der Waals surface area (Å²) in [6.45, 7) is 1.00. The smallest absolute Gasteiger partial charge is 0.253 e. The molecule has 6 heteroatoms. The van der Waals surface area contributed by atoms with Crippen LogP contribution in [0.15, 0.2) is 54.6 Å². The maximum Gasteiger partial charge on any atom is 0.253 e. The van der Waals surface area contributed by atoms with Gasteiger partial charge in [-0.05, 0) is 42.7 Å². The first-order valence-electron chi connectivity index (χ1n) is 8.03. The van der Waals surface area contributed by atoms with Gasteiger partial charge in [0.15, 0.2) is 0 Å². The number of rotatable bonds is 3. The number of likely N-dealkylation sites (tertiary alicyclic amines) is 1. The third-order valence-corrected chi connectivity index (χ3v) is 4.86. The standard InChI is InChI=1S/C19H21N3O2.ClH/c20-16-8-6-14(7-9-16)17(23)22-12-10-19(11-13-22,18(21)24)15-4-2-1-3-5-15;/h1-9H,10-13,20H2,(H2,21,24);1H. The van der Waals surface area contributed by atoms with E-state index in [1.807, 2.05) is 30.3 Å². The molecule has 3 rings (SSSR count). The fraction of sp³-hybridized carbons (Fsp3) is 0.263. The third-order valence-electron chi connectivity index (χ3n) is 4.86. The Kier molecular flexibility index (Phi) is 5.69. The summed E-state index contributed by atoms with van der Waals surface area (Å²) < 4.78 is 0. The van der Waals surface area contributed by atoms with Crippen LogP contribution < -0.4 is 11.5 Å². The second kappa shape index (κ2) is 7.57. The lowest BCUT2D eigenvalue weighted by Crippen LogP contribution is -2.51. The summed E-state index contributed by atoms with van der Waals surface area (Å²) in [5.74, 6) is -0.366. The van der Waals surface area contributed by atoms with Crippen molar-refractivity contribution in [3.05, 3.63) is 65.7 Å². The SMILES string of the molecule is Cl.NC(=O)C1(c2ccccc2)CCN(C(=O)c2ccc(N)cc2)CC1. The molecule has 0 bridgehead atoms. The van der Waals surface area contributed by atoms with Crippen LogP contribution in [0.3, 0.4) is 0 Å². The van der Waals surface area contributed by atoms with Crippen molar-refractivity contribution in [2.75, 3.05) is 18.8 Å². The Bertz CT molecular complexity index is 739. The normalized spacial score (nSPS) is 15.9. The van der Waals surface area contributed by atoms with E-state index in [2.05, 4.69) is 0 Å². The molecule has 2 aromatic rings. The Balaban J connectivity index is 0.00000225. The number of hydrogen-bond donors (Lipinski definition) is 2. The fourth-order valence-electron chi connectivity index (χ4n) is 3.33. The molecule has 1 heterocycles. The van der Waals surface area contributed by atoms with Gasteiger partial charge < -0.3 is 16.4 Å². The van der Waals surface area contributed by atoms with E-state index in [1.54, 1.807) is 29.2 Å². The summed E-state index contributed by atoms with van der Waals surface area (Å²) in [5.41, 5.74) is 12.9. The number of primary amides is 1. The van der Waals surface area contributed by atoms with Crippen molar-refractivity contribution >= 4 is 29.9 Å². The second-order valence-electron chi connectivity index (χ2n) is 6.23. The maximum absolute atomic E-state index is 12.6. The number of benzene rings is 2. The van der Waals surface area contributed by atoms with Crippen LogP contribution in [0, 0.1) is 0 Å². The first-order valence-corrected chi connectivity index (χ1v) is 8.03. The monoisotopic (exact) mass is 359 g/mol. The zero-order chi connectivity index (χ0) is 17.2. The van der Waals surface area contributed by atoms with E-state index in [0.717, 1.165) is 5.56 Å². The van der Waals surface area contributed by atoms with Gasteiger partial charge >= 0.3 is 0 Å². The lowest BCUT2D eigenvalue weighted by Gasteiger charge is -2.40. The Labute approximate surface area is 153 Å².